The van der Waals surface area contributed by atoms with E-state index in [4.69, 9.17) is 0 Å². The first kappa shape index (κ1) is 22.5. The van der Waals surface area contributed by atoms with E-state index in [0.717, 1.165) is 42.5 Å². The van der Waals surface area contributed by atoms with Gasteiger partial charge in [-0.25, -0.2) is 4.39 Å². The lowest BCUT2D eigenvalue weighted by Crippen LogP contribution is -2.25. The van der Waals surface area contributed by atoms with Gasteiger partial charge in [-0.2, -0.15) is 0 Å². The van der Waals surface area contributed by atoms with Crippen LogP contribution in [-0.2, 0) is 16.1 Å². The molecule has 33 heavy (non-hydrogen) atoms. The van der Waals surface area contributed by atoms with E-state index in [2.05, 4.69) is 10.3 Å². The molecule has 0 aliphatic carbocycles. The molecule has 2 aromatic heterocycles. The van der Waals surface area contributed by atoms with E-state index in [0.29, 0.717) is 12.8 Å². The van der Waals surface area contributed by atoms with Crippen LogP contribution in [0.5, 0.6) is 0 Å². The Bertz CT molecular complexity index is 1240. The zero-order chi connectivity index (χ0) is 23.2. The van der Waals surface area contributed by atoms with Crippen LogP contribution in [0.25, 0.3) is 10.9 Å². The minimum absolute atomic E-state index is 0.0295. The summed E-state index contributed by atoms with van der Waals surface area (Å²) in [7, 11) is 0. The van der Waals surface area contributed by atoms with Gasteiger partial charge in [0.1, 0.15) is 11.5 Å². The normalized spacial score (nSPS) is 13.8. The van der Waals surface area contributed by atoms with Gasteiger partial charge in [0.15, 0.2) is 0 Å². The van der Waals surface area contributed by atoms with E-state index in [1.165, 1.54) is 16.7 Å². The maximum absolute atomic E-state index is 13.4. The number of nitrogens with one attached hydrogen (secondary N) is 2. The second-order valence-corrected chi connectivity index (χ2v) is 8.26. The van der Waals surface area contributed by atoms with Gasteiger partial charge >= 0.3 is 0 Å². The Morgan fingerprint density at radius 1 is 1.15 bits per heavy atom. The molecule has 0 radical (unpaired) electrons. The lowest BCUT2D eigenvalue weighted by atomic mass is 10.2. The number of carbonyl (C=O) groups is 2. The van der Waals surface area contributed by atoms with Crippen molar-refractivity contribution in [2.45, 2.75) is 38.6 Å². The molecule has 1 aromatic carbocycles. The fraction of sp³-hybridized carbons (Fsp3) is 0.320. The van der Waals surface area contributed by atoms with Crippen LogP contribution >= 0.6 is 0 Å². The molecule has 7 nitrogen and oxygen atoms in total. The third kappa shape index (κ3) is 5.77. The van der Waals surface area contributed by atoms with Gasteiger partial charge in [0.2, 0.25) is 11.8 Å². The SMILES string of the molecule is O=C(CCC/C=C/C(=O)N1CCCC1)Nc1cccn(Cc2cc3cc(F)ccc3[nH]2)c1=O. The summed E-state index contributed by atoms with van der Waals surface area (Å²) in [5.41, 5.74) is 1.45. The van der Waals surface area contributed by atoms with Crippen LogP contribution in [0.1, 0.15) is 37.8 Å². The number of allylic oxidation sites excluding steroid dienone is 1. The Kier molecular flexibility index (Phi) is 7.02. The number of nitrogens with zero attached hydrogens (tertiary/aromatic N) is 2. The zero-order valence-corrected chi connectivity index (χ0v) is 18.4. The molecule has 1 aliphatic rings. The van der Waals surface area contributed by atoms with Gasteiger partial charge in [-0.1, -0.05) is 6.08 Å². The fourth-order valence-corrected chi connectivity index (χ4v) is 4.01. The number of rotatable bonds is 8. The van der Waals surface area contributed by atoms with Crippen molar-refractivity contribution in [2.24, 2.45) is 0 Å². The maximum Gasteiger partial charge on any atom is 0.274 e. The fourth-order valence-electron chi connectivity index (χ4n) is 4.01. The molecule has 1 fully saturated rings. The summed E-state index contributed by atoms with van der Waals surface area (Å²) in [6, 6.07) is 9.56. The van der Waals surface area contributed by atoms with Crippen molar-refractivity contribution in [3.05, 3.63) is 76.6 Å². The number of benzene rings is 1. The number of hydrogen-bond donors (Lipinski definition) is 2. The van der Waals surface area contributed by atoms with Crippen molar-refractivity contribution in [1.82, 2.24) is 14.5 Å². The molecule has 3 aromatic rings. The Labute approximate surface area is 190 Å². The highest BCUT2D eigenvalue weighted by atomic mass is 19.1. The summed E-state index contributed by atoms with van der Waals surface area (Å²) in [4.78, 5) is 42.0. The molecule has 0 spiro atoms. The molecule has 8 heteroatoms. The first-order valence-corrected chi connectivity index (χ1v) is 11.2. The number of anilines is 1. The number of pyridine rings is 1. The number of amides is 2. The minimum atomic E-state index is -0.316. The quantitative estimate of drug-likeness (QED) is 0.404. The predicted octanol–water partition coefficient (Wildman–Crippen LogP) is 3.80. The average molecular weight is 451 g/mol. The molecule has 3 heterocycles. The average Bonchev–Trinajstić information content (AvgIpc) is 3.46. The monoisotopic (exact) mass is 450 g/mol. The molecule has 0 bridgehead atoms. The van der Waals surface area contributed by atoms with Gasteiger partial charge in [-0.3, -0.25) is 14.4 Å². The Balaban J connectivity index is 1.30. The van der Waals surface area contributed by atoms with Crippen LogP contribution in [-0.4, -0.2) is 39.4 Å². The van der Waals surface area contributed by atoms with E-state index in [9.17, 15) is 18.8 Å². The summed E-state index contributed by atoms with van der Waals surface area (Å²) >= 11 is 0. The second-order valence-electron chi connectivity index (χ2n) is 8.26. The summed E-state index contributed by atoms with van der Waals surface area (Å²) in [6.45, 7) is 1.91. The Morgan fingerprint density at radius 3 is 2.79 bits per heavy atom. The van der Waals surface area contributed by atoms with Crippen LogP contribution in [0.15, 0.2) is 59.5 Å². The van der Waals surface area contributed by atoms with Crippen molar-refractivity contribution >= 4 is 28.4 Å². The maximum atomic E-state index is 13.4. The third-order valence-corrected chi connectivity index (χ3v) is 5.73. The van der Waals surface area contributed by atoms with Crippen LogP contribution in [0, 0.1) is 5.82 Å². The highest BCUT2D eigenvalue weighted by Gasteiger charge is 2.15. The van der Waals surface area contributed by atoms with Gasteiger partial charge in [-0.05, 0) is 68.2 Å². The molecule has 172 valence electrons. The Hall–Kier alpha value is -3.68. The second kappa shape index (κ2) is 10.3. The van der Waals surface area contributed by atoms with Crippen LogP contribution < -0.4 is 10.9 Å². The number of aromatic amines is 1. The topological polar surface area (TPSA) is 87.2 Å². The van der Waals surface area contributed by atoms with Crippen molar-refractivity contribution < 1.29 is 14.0 Å². The van der Waals surface area contributed by atoms with Gasteiger partial charge in [0, 0.05) is 42.3 Å². The molecule has 1 saturated heterocycles. The van der Waals surface area contributed by atoms with E-state index < -0.39 is 0 Å². The van der Waals surface area contributed by atoms with Gasteiger partial charge in [-0.15, -0.1) is 0 Å². The predicted molar refractivity (Wildman–Crippen MR) is 125 cm³/mol. The number of unbranched alkanes of at least 4 members (excludes halogenated alkanes) is 1. The standard InChI is InChI=1S/C25H27FN4O3/c26-19-10-11-21-18(15-19)16-20(27-21)17-30-14-6-7-22(25(30)33)28-23(31)8-2-1-3-9-24(32)29-12-4-5-13-29/h3,6-7,9-11,14-16,27H,1-2,4-5,8,12-13,17H2,(H,28,31)/b9-3+. The lowest BCUT2D eigenvalue weighted by molar-refractivity contribution is -0.125. The highest BCUT2D eigenvalue weighted by Crippen LogP contribution is 2.17. The van der Waals surface area contributed by atoms with Gasteiger partial charge in [0.05, 0.1) is 6.54 Å². The summed E-state index contributed by atoms with van der Waals surface area (Å²) < 4.78 is 14.9. The first-order chi connectivity index (χ1) is 16.0. The van der Waals surface area contributed by atoms with Crippen LogP contribution in [0.4, 0.5) is 10.1 Å². The number of H-pyrrole nitrogens is 1. The van der Waals surface area contributed by atoms with Crippen LogP contribution in [0.2, 0.25) is 0 Å². The largest absolute Gasteiger partial charge is 0.357 e. The van der Waals surface area contributed by atoms with E-state index >= 15 is 0 Å². The molecular weight excluding hydrogens is 423 g/mol. The summed E-state index contributed by atoms with van der Waals surface area (Å²) in [5, 5.41) is 3.42. The Morgan fingerprint density at radius 2 is 1.97 bits per heavy atom. The third-order valence-electron chi connectivity index (χ3n) is 5.73. The van der Waals surface area contributed by atoms with Gasteiger partial charge in [0.25, 0.3) is 5.56 Å². The molecular formula is C25H27FN4O3. The van der Waals surface area contributed by atoms with Crippen molar-refractivity contribution in [2.75, 3.05) is 18.4 Å². The zero-order valence-electron chi connectivity index (χ0n) is 18.4. The smallest absolute Gasteiger partial charge is 0.274 e. The van der Waals surface area contributed by atoms with E-state index in [1.54, 1.807) is 42.6 Å². The number of halogens is 1. The molecule has 2 amide bonds. The number of likely N-dealkylation sites (tertiary alicyclic amines) is 1. The van der Waals surface area contributed by atoms with Crippen molar-refractivity contribution in [3.63, 3.8) is 0 Å². The lowest BCUT2D eigenvalue weighted by Gasteiger charge is -2.11. The number of aromatic nitrogens is 2. The first-order valence-electron chi connectivity index (χ1n) is 11.2. The molecule has 2 N–H and O–H groups in total. The molecule has 4 rings (SSSR count). The number of fused-ring (bicyclic) bond motifs is 1. The summed E-state index contributed by atoms with van der Waals surface area (Å²) in [5.74, 6) is -0.532. The highest BCUT2D eigenvalue weighted by molar-refractivity contribution is 5.90. The number of carbonyl (C=O) groups excluding carboxylic acids is 2. The van der Waals surface area contributed by atoms with Crippen LogP contribution in [0.3, 0.4) is 0 Å². The molecule has 0 atom stereocenters. The molecule has 0 unspecified atom stereocenters. The van der Waals surface area contributed by atoms with E-state index in [-0.39, 0.29) is 41.8 Å². The minimum Gasteiger partial charge on any atom is -0.357 e. The molecule has 0 saturated carbocycles. The van der Waals surface area contributed by atoms with Crippen molar-refractivity contribution in [1.29, 1.82) is 0 Å². The number of hydrogen-bond acceptors (Lipinski definition) is 3. The van der Waals surface area contributed by atoms with Crippen molar-refractivity contribution in [3.8, 4) is 0 Å². The van der Waals surface area contributed by atoms with Gasteiger partial charge < -0.3 is 19.8 Å². The molecule has 1 aliphatic heterocycles. The summed E-state index contributed by atoms with van der Waals surface area (Å²) in [6.07, 6.45) is 8.60. The van der Waals surface area contributed by atoms with E-state index in [1.807, 2.05) is 4.90 Å².